The van der Waals surface area contributed by atoms with Crippen molar-refractivity contribution in [2.75, 3.05) is 31.1 Å². The van der Waals surface area contributed by atoms with Gasteiger partial charge in [0.05, 0.1) is 24.7 Å². The highest BCUT2D eigenvalue weighted by Gasteiger charge is 2.26. The summed E-state index contributed by atoms with van der Waals surface area (Å²) >= 11 is 12.3. The number of halogens is 2. The molecule has 0 saturated carbocycles. The molecule has 1 aromatic carbocycles. The lowest BCUT2D eigenvalue weighted by Gasteiger charge is -2.35. The Morgan fingerprint density at radius 1 is 1.00 bits per heavy atom. The summed E-state index contributed by atoms with van der Waals surface area (Å²) in [6.45, 7) is 7.57. The number of ether oxygens (including phenoxy) is 2. The lowest BCUT2D eigenvalue weighted by molar-refractivity contribution is 0.0240. The second-order valence-electron chi connectivity index (χ2n) is 9.29. The molecule has 0 spiro atoms. The van der Waals surface area contributed by atoms with Crippen molar-refractivity contribution in [2.24, 2.45) is 0 Å². The lowest BCUT2D eigenvalue weighted by atomic mass is 10.1. The first-order chi connectivity index (χ1) is 17.1. The molecule has 1 fully saturated rings. The Balaban J connectivity index is 1.43. The number of anilines is 1. The minimum absolute atomic E-state index is 0.190. The molecule has 3 aromatic rings. The fraction of sp³-hybridized carbons (Fsp3) is 0.360. The Morgan fingerprint density at radius 2 is 1.64 bits per heavy atom. The maximum absolute atomic E-state index is 12.3. The fourth-order valence-electron chi connectivity index (χ4n) is 3.61. The van der Waals surface area contributed by atoms with Crippen LogP contribution in [0.15, 0.2) is 42.7 Å². The third kappa shape index (κ3) is 6.75. The molecule has 1 aliphatic heterocycles. The van der Waals surface area contributed by atoms with E-state index < -0.39 is 5.60 Å². The van der Waals surface area contributed by atoms with Crippen molar-refractivity contribution in [3.05, 3.63) is 58.3 Å². The Bertz CT molecular complexity index is 1210. The molecule has 0 aliphatic carbocycles. The van der Waals surface area contributed by atoms with Crippen molar-refractivity contribution < 1.29 is 19.4 Å². The van der Waals surface area contributed by atoms with Crippen LogP contribution >= 0.6 is 23.2 Å². The zero-order chi connectivity index (χ0) is 25.9. The highest BCUT2D eigenvalue weighted by atomic mass is 35.5. The van der Waals surface area contributed by atoms with Gasteiger partial charge in [-0.2, -0.15) is 0 Å². The maximum atomic E-state index is 12.3. The average molecular weight is 532 g/mol. The Kier molecular flexibility index (Phi) is 7.82. The van der Waals surface area contributed by atoms with E-state index in [9.17, 15) is 9.90 Å². The van der Waals surface area contributed by atoms with Gasteiger partial charge in [-0.25, -0.2) is 19.7 Å². The number of hydrogen-bond donors (Lipinski definition) is 1. The van der Waals surface area contributed by atoms with Gasteiger partial charge in [-0.05, 0) is 50.6 Å². The van der Waals surface area contributed by atoms with Crippen LogP contribution < -0.4 is 9.64 Å². The summed E-state index contributed by atoms with van der Waals surface area (Å²) in [5.41, 5.74) is 1.35. The van der Waals surface area contributed by atoms with Gasteiger partial charge in [-0.3, -0.25) is 0 Å². The van der Waals surface area contributed by atoms with Crippen LogP contribution in [0.5, 0.6) is 11.6 Å². The summed E-state index contributed by atoms with van der Waals surface area (Å²) in [4.78, 5) is 29.3. The van der Waals surface area contributed by atoms with Gasteiger partial charge >= 0.3 is 6.09 Å². The first kappa shape index (κ1) is 25.9. The molecule has 36 heavy (non-hydrogen) atoms. The number of benzene rings is 1. The molecular formula is C25H27Cl2N5O4. The number of amides is 1. The molecule has 0 atom stereocenters. The SMILES string of the molecule is CC(C)(C)OC(=O)N1CCN(c2ncc(Oc3cc(CO)cc(-c4cc(Cl)cc(Cl)c4)n3)cn2)CC1. The standard InChI is InChI=1S/C25H27Cl2N5O4/c1-25(2,3)36-24(34)32-6-4-31(5-7-32)23-28-13-20(14-29-23)35-22-9-16(15-33)8-21(30-22)17-10-18(26)12-19(27)11-17/h8-14,33H,4-7,15H2,1-3H3. The number of aliphatic hydroxyl groups is 1. The number of hydrogen-bond acceptors (Lipinski definition) is 8. The zero-order valence-electron chi connectivity index (χ0n) is 20.2. The van der Waals surface area contributed by atoms with Crippen LogP contribution in [-0.2, 0) is 11.3 Å². The molecule has 4 rings (SSSR count). The zero-order valence-corrected chi connectivity index (χ0v) is 21.8. The number of nitrogens with zero attached hydrogens (tertiary/aromatic N) is 5. The minimum Gasteiger partial charge on any atom is -0.444 e. The highest BCUT2D eigenvalue weighted by molar-refractivity contribution is 6.35. The van der Waals surface area contributed by atoms with Crippen LogP contribution in [0.3, 0.4) is 0 Å². The molecule has 0 unspecified atom stereocenters. The number of aliphatic hydroxyl groups excluding tert-OH is 1. The molecule has 0 bridgehead atoms. The van der Waals surface area contributed by atoms with Crippen molar-refractivity contribution >= 4 is 35.2 Å². The van der Waals surface area contributed by atoms with Crippen LogP contribution in [0.25, 0.3) is 11.3 Å². The number of pyridine rings is 1. The highest BCUT2D eigenvalue weighted by Crippen LogP contribution is 2.30. The fourth-order valence-corrected chi connectivity index (χ4v) is 4.14. The molecule has 11 heteroatoms. The van der Waals surface area contributed by atoms with Gasteiger partial charge in [0, 0.05) is 47.9 Å². The molecule has 1 saturated heterocycles. The van der Waals surface area contributed by atoms with Gasteiger partial charge < -0.3 is 24.4 Å². The van der Waals surface area contributed by atoms with Crippen molar-refractivity contribution in [3.8, 4) is 22.9 Å². The predicted octanol–water partition coefficient (Wildman–Crippen LogP) is 5.19. The van der Waals surface area contributed by atoms with Gasteiger partial charge in [-0.15, -0.1) is 0 Å². The largest absolute Gasteiger partial charge is 0.444 e. The van der Waals surface area contributed by atoms with Gasteiger partial charge in [0.1, 0.15) is 5.60 Å². The molecule has 3 heterocycles. The van der Waals surface area contributed by atoms with Gasteiger partial charge in [-0.1, -0.05) is 23.2 Å². The van der Waals surface area contributed by atoms with Crippen LogP contribution in [0.2, 0.25) is 10.0 Å². The van der Waals surface area contributed by atoms with E-state index in [1.165, 1.54) is 0 Å². The molecule has 9 nitrogen and oxygen atoms in total. The normalized spacial score (nSPS) is 14.1. The van der Waals surface area contributed by atoms with Crippen LogP contribution in [0, 0.1) is 0 Å². The summed E-state index contributed by atoms with van der Waals surface area (Å²) in [5, 5.41) is 10.7. The Labute approximate surface area is 219 Å². The first-order valence-electron chi connectivity index (χ1n) is 11.4. The maximum Gasteiger partial charge on any atom is 0.410 e. The van der Waals surface area contributed by atoms with E-state index in [0.717, 1.165) is 0 Å². The van der Waals surface area contributed by atoms with E-state index in [4.69, 9.17) is 32.7 Å². The van der Waals surface area contributed by atoms with Crippen LogP contribution in [0.4, 0.5) is 10.7 Å². The van der Waals surface area contributed by atoms with Crippen LogP contribution in [-0.4, -0.2) is 62.8 Å². The minimum atomic E-state index is -0.527. The van der Waals surface area contributed by atoms with Crippen LogP contribution in [0.1, 0.15) is 26.3 Å². The number of carbonyl (C=O) groups excluding carboxylic acids is 1. The second-order valence-corrected chi connectivity index (χ2v) is 10.2. The lowest BCUT2D eigenvalue weighted by Crippen LogP contribution is -2.50. The molecule has 1 aliphatic rings. The van der Waals surface area contributed by atoms with Gasteiger partial charge in [0.2, 0.25) is 11.8 Å². The molecule has 1 amide bonds. The van der Waals surface area contributed by atoms with E-state index >= 15 is 0 Å². The molecule has 1 N–H and O–H groups in total. The number of piperazine rings is 1. The molecule has 0 radical (unpaired) electrons. The molecule has 2 aromatic heterocycles. The molecular weight excluding hydrogens is 505 g/mol. The van der Waals surface area contributed by atoms with Crippen molar-refractivity contribution in [1.29, 1.82) is 0 Å². The number of carbonyl (C=O) groups is 1. The quantitative estimate of drug-likeness (QED) is 0.480. The van der Waals surface area contributed by atoms with Gasteiger partial charge in [0.15, 0.2) is 5.75 Å². The predicted molar refractivity (Wildman–Crippen MR) is 138 cm³/mol. The summed E-state index contributed by atoms with van der Waals surface area (Å²) < 4.78 is 11.3. The number of aromatic nitrogens is 3. The van der Waals surface area contributed by atoms with E-state index in [0.29, 0.717) is 64.7 Å². The Morgan fingerprint density at radius 3 is 2.22 bits per heavy atom. The number of rotatable bonds is 5. The summed E-state index contributed by atoms with van der Waals surface area (Å²) in [6.07, 6.45) is 2.81. The van der Waals surface area contributed by atoms with Gasteiger partial charge in [0.25, 0.3) is 0 Å². The third-order valence-corrected chi connectivity index (χ3v) is 5.69. The summed E-state index contributed by atoms with van der Waals surface area (Å²) in [5.74, 6) is 1.20. The van der Waals surface area contributed by atoms with E-state index in [1.807, 2.05) is 25.7 Å². The first-order valence-corrected chi connectivity index (χ1v) is 12.2. The van der Waals surface area contributed by atoms with E-state index in [-0.39, 0.29) is 18.6 Å². The smallest absolute Gasteiger partial charge is 0.410 e. The van der Waals surface area contributed by atoms with Crippen molar-refractivity contribution in [2.45, 2.75) is 33.0 Å². The third-order valence-electron chi connectivity index (χ3n) is 5.25. The monoisotopic (exact) mass is 531 g/mol. The summed E-state index contributed by atoms with van der Waals surface area (Å²) in [6, 6.07) is 8.49. The van der Waals surface area contributed by atoms with Crippen molar-refractivity contribution in [1.82, 2.24) is 19.9 Å². The van der Waals surface area contributed by atoms with Crippen molar-refractivity contribution in [3.63, 3.8) is 0 Å². The van der Waals surface area contributed by atoms with E-state index in [2.05, 4.69) is 15.0 Å². The second kappa shape index (κ2) is 10.9. The molecule has 190 valence electrons. The Hall–Kier alpha value is -3.14. The topological polar surface area (TPSA) is 101 Å². The summed E-state index contributed by atoms with van der Waals surface area (Å²) in [7, 11) is 0. The van der Waals surface area contributed by atoms with E-state index in [1.54, 1.807) is 47.6 Å². The average Bonchev–Trinajstić information content (AvgIpc) is 2.83.